The van der Waals surface area contributed by atoms with Gasteiger partial charge in [0.2, 0.25) is 5.89 Å². The second kappa shape index (κ2) is 6.28. The van der Waals surface area contributed by atoms with E-state index in [1.165, 1.54) is 11.8 Å². The van der Waals surface area contributed by atoms with E-state index >= 15 is 0 Å². The number of carbonyl (C=O) groups excluding carboxylic acids is 1. The Labute approximate surface area is 144 Å². The summed E-state index contributed by atoms with van der Waals surface area (Å²) in [4.78, 5) is 16.7. The van der Waals surface area contributed by atoms with Gasteiger partial charge in [0, 0.05) is 11.3 Å². The van der Waals surface area contributed by atoms with Gasteiger partial charge in [0.15, 0.2) is 11.3 Å². The lowest BCUT2D eigenvalue weighted by molar-refractivity contribution is 0.0996. The Balaban J connectivity index is 1.64. The van der Waals surface area contributed by atoms with Gasteiger partial charge in [-0.25, -0.2) is 4.98 Å². The summed E-state index contributed by atoms with van der Waals surface area (Å²) in [5, 5.41) is 2.80. The molecule has 4 aromatic rings. The zero-order valence-corrected chi connectivity index (χ0v) is 13.7. The van der Waals surface area contributed by atoms with Gasteiger partial charge in [-0.3, -0.25) is 4.79 Å². The van der Waals surface area contributed by atoms with Gasteiger partial charge in [0.05, 0.1) is 6.26 Å². The fraction of sp³-hybridized carbons (Fsp3) is 0.100. The fourth-order valence-electron chi connectivity index (χ4n) is 2.65. The number of carbonyl (C=O) groups is 1. The Bertz CT molecular complexity index is 1030. The Morgan fingerprint density at radius 3 is 2.84 bits per heavy atom. The first-order chi connectivity index (χ1) is 12.2. The van der Waals surface area contributed by atoms with Gasteiger partial charge in [0.25, 0.3) is 5.91 Å². The van der Waals surface area contributed by atoms with Crippen molar-refractivity contribution >= 4 is 22.7 Å². The van der Waals surface area contributed by atoms with Crippen LogP contribution in [0.15, 0.2) is 69.7 Å². The number of aromatic nitrogens is 1. The molecule has 0 unspecified atom stereocenters. The predicted molar refractivity (Wildman–Crippen MR) is 95.5 cm³/mol. The number of aryl methyl sites for hydroxylation is 1. The van der Waals surface area contributed by atoms with E-state index in [4.69, 9.17) is 8.83 Å². The first kappa shape index (κ1) is 15.2. The number of fused-ring (bicyclic) bond motifs is 1. The smallest absolute Gasteiger partial charge is 0.291 e. The molecule has 5 nitrogen and oxygen atoms in total. The van der Waals surface area contributed by atoms with Crippen LogP contribution in [0.2, 0.25) is 0 Å². The first-order valence-electron chi connectivity index (χ1n) is 8.07. The summed E-state index contributed by atoms with van der Waals surface area (Å²) in [5.74, 6) is 0.490. The molecule has 0 bridgehead atoms. The van der Waals surface area contributed by atoms with E-state index in [0.717, 1.165) is 23.1 Å². The van der Waals surface area contributed by atoms with Crippen LogP contribution in [0.4, 0.5) is 5.69 Å². The Kier molecular flexibility index (Phi) is 3.82. The van der Waals surface area contributed by atoms with Crippen molar-refractivity contribution in [2.45, 2.75) is 13.3 Å². The molecule has 0 saturated heterocycles. The summed E-state index contributed by atoms with van der Waals surface area (Å²) in [6, 6.07) is 16.7. The molecule has 0 aliphatic carbocycles. The van der Waals surface area contributed by atoms with Crippen LogP contribution >= 0.6 is 0 Å². The van der Waals surface area contributed by atoms with E-state index in [1.807, 2.05) is 42.5 Å². The van der Waals surface area contributed by atoms with Crippen molar-refractivity contribution < 1.29 is 13.6 Å². The standard InChI is InChI=1S/C20H16N2O3/c1-2-13-8-9-17-16(11-13)22-20(25-17)14-5-3-6-15(12-14)21-19(23)18-7-4-10-24-18/h3-12H,2H2,1H3,(H,21,23). The third-order valence-electron chi connectivity index (χ3n) is 3.97. The number of hydrogen-bond acceptors (Lipinski definition) is 4. The predicted octanol–water partition coefficient (Wildman–Crippen LogP) is 4.90. The molecule has 4 rings (SSSR count). The van der Waals surface area contributed by atoms with Crippen molar-refractivity contribution in [1.29, 1.82) is 0 Å². The molecule has 0 atom stereocenters. The second-order valence-corrected chi connectivity index (χ2v) is 5.69. The van der Waals surface area contributed by atoms with Gasteiger partial charge in [-0.05, 0) is 54.4 Å². The lowest BCUT2D eigenvalue weighted by Crippen LogP contribution is -2.10. The van der Waals surface area contributed by atoms with E-state index in [0.29, 0.717) is 11.6 Å². The maximum absolute atomic E-state index is 12.1. The zero-order chi connectivity index (χ0) is 17.2. The third-order valence-corrected chi connectivity index (χ3v) is 3.97. The van der Waals surface area contributed by atoms with Crippen molar-refractivity contribution in [1.82, 2.24) is 4.98 Å². The van der Waals surface area contributed by atoms with Gasteiger partial charge in [0.1, 0.15) is 5.52 Å². The molecule has 2 aromatic carbocycles. The van der Waals surface area contributed by atoms with Crippen molar-refractivity contribution in [3.8, 4) is 11.5 Å². The highest BCUT2D eigenvalue weighted by molar-refractivity contribution is 6.02. The minimum Gasteiger partial charge on any atom is -0.459 e. The number of benzene rings is 2. The fourth-order valence-corrected chi connectivity index (χ4v) is 2.65. The maximum Gasteiger partial charge on any atom is 0.291 e. The Hall–Kier alpha value is -3.34. The summed E-state index contributed by atoms with van der Waals surface area (Å²) in [7, 11) is 0. The molecule has 2 aromatic heterocycles. The Morgan fingerprint density at radius 2 is 2.04 bits per heavy atom. The SMILES string of the molecule is CCc1ccc2oc(-c3cccc(NC(=O)c4ccco4)c3)nc2c1. The summed E-state index contributed by atoms with van der Waals surface area (Å²) in [6.45, 7) is 2.10. The molecule has 1 N–H and O–H groups in total. The molecule has 0 aliphatic rings. The van der Waals surface area contributed by atoms with Crippen LogP contribution in [0.3, 0.4) is 0 Å². The molecule has 25 heavy (non-hydrogen) atoms. The summed E-state index contributed by atoms with van der Waals surface area (Å²) >= 11 is 0. The highest BCUT2D eigenvalue weighted by atomic mass is 16.3. The lowest BCUT2D eigenvalue weighted by atomic mass is 10.1. The molecule has 0 aliphatic heterocycles. The number of hydrogen-bond donors (Lipinski definition) is 1. The molecule has 5 heteroatoms. The number of furan rings is 1. The van der Waals surface area contributed by atoms with Gasteiger partial charge >= 0.3 is 0 Å². The van der Waals surface area contributed by atoms with Crippen molar-refractivity contribution in [3.05, 3.63) is 72.2 Å². The minimum absolute atomic E-state index is 0.263. The average molecular weight is 332 g/mol. The molecular formula is C20H16N2O3. The normalized spacial score (nSPS) is 10.9. The number of rotatable bonds is 4. The highest BCUT2D eigenvalue weighted by Crippen LogP contribution is 2.27. The number of anilines is 1. The molecule has 0 radical (unpaired) electrons. The van der Waals surface area contributed by atoms with Crippen LogP contribution in [-0.4, -0.2) is 10.9 Å². The first-order valence-corrected chi connectivity index (χ1v) is 8.07. The van der Waals surface area contributed by atoms with Crippen LogP contribution in [-0.2, 0) is 6.42 Å². The molecule has 1 amide bonds. The lowest BCUT2D eigenvalue weighted by Gasteiger charge is -2.04. The van der Waals surface area contributed by atoms with E-state index in [9.17, 15) is 4.79 Å². The van der Waals surface area contributed by atoms with E-state index < -0.39 is 0 Å². The van der Waals surface area contributed by atoms with Gasteiger partial charge in [-0.2, -0.15) is 0 Å². The third kappa shape index (κ3) is 3.04. The van der Waals surface area contributed by atoms with Crippen molar-refractivity contribution in [2.75, 3.05) is 5.32 Å². The van der Waals surface area contributed by atoms with E-state index in [1.54, 1.807) is 12.1 Å². The van der Waals surface area contributed by atoms with E-state index in [2.05, 4.69) is 17.2 Å². The van der Waals surface area contributed by atoms with E-state index in [-0.39, 0.29) is 11.7 Å². The number of oxazole rings is 1. The highest BCUT2D eigenvalue weighted by Gasteiger charge is 2.12. The van der Waals surface area contributed by atoms with Crippen molar-refractivity contribution in [3.63, 3.8) is 0 Å². The number of amides is 1. The average Bonchev–Trinajstić information content (AvgIpc) is 3.31. The monoisotopic (exact) mass is 332 g/mol. The number of nitrogens with zero attached hydrogens (tertiary/aromatic N) is 1. The second-order valence-electron chi connectivity index (χ2n) is 5.69. The number of nitrogens with one attached hydrogen (secondary N) is 1. The summed E-state index contributed by atoms with van der Waals surface area (Å²) < 4.78 is 10.9. The quantitative estimate of drug-likeness (QED) is 0.577. The van der Waals surface area contributed by atoms with Crippen LogP contribution in [0.1, 0.15) is 23.0 Å². The zero-order valence-electron chi connectivity index (χ0n) is 13.7. The molecule has 0 spiro atoms. The van der Waals surface area contributed by atoms with Crippen LogP contribution in [0, 0.1) is 0 Å². The molecule has 0 saturated carbocycles. The van der Waals surface area contributed by atoms with Gasteiger partial charge in [-0.15, -0.1) is 0 Å². The topological polar surface area (TPSA) is 68.3 Å². The van der Waals surface area contributed by atoms with Gasteiger partial charge in [-0.1, -0.05) is 19.1 Å². The Morgan fingerprint density at radius 1 is 1.12 bits per heavy atom. The van der Waals surface area contributed by atoms with Gasteiger partial charge < -0.3 is 14.2 Å². The molecular weight excluding hydrogens is 316 g/mol. The molecule has 2 heterocycles. The maximum atomic E-state index is 12.1. The van der Waals surface area contributed by atoms with Crippen LogP contribution in [0.25, 0.3) is 22.6 Å². The summed E-state index contributed by atoms with van der Waals surface area (Å²) in [6.07, 6.45) is 2.42. The van der Waals surface area contributed by atoms with Crippen LogP contribution < -0.4 is 5.32 Å². The van der Waals surface area contributed by atoms with Crippen molar-refractivity contribution in [2.24, 2.45) is 0 Å². The minimum atomic E-state index is -0.299. The molecule has 0 fully saturated rings. The molecule has 124 valence electrons. The summed E-state index contributed by atoms with van der Waals surface area (Å²) in [5.41, 5.74) is 4.24. The van der Waals surface area contributed by atoms with Crippen LogP contribution in [0.5, 0.6) is 0 Å². The largest absolute Gasteiger partial charge is 0.459 e.